The second-order valence-electron chi connectivity index (χ2n) is 4.82. The normalized spacial score (nSPS) is 12.3. The molecule has 3 rings (SSSR count). The molecule has 4 nitrogen and oxygen atoms in total. The molecule has 2 aromatic heterocycles. The van der Waals surface area contributed by atoms with Gasteiger partial charge in [-0.05, 0) is 36.4 Å². The number of hydrogen-bond acceptors (Lipinski definition) is 3. The fourth-order valence-corrected chi connectivity index (χ4v) is 2.28. The molecule has 0 radical (unpaired) electrons. The van der Waals surface area contributed by atoms with Crippen LogP contribution < -0.4 is 0 Å². The summed E-state index contributed by atoms with van der Waals surface area (Å²) in [5, 5.41) is 14.3. The summed E-state index contributed by atoms with van der Waals surface area (Å²) in [6, 6.07) is 8.41. The Morgan fingerprint density at radius 1 is 1.05 bits per heavy atom. The number of nitrogens with zero attached hydrogens (tertiary/aromatic N) is 3. The van der Waals surface area contributed by atoms with Crippen molar-refractivity contribution in [2.75, 3.05) is 0 Å². The minimum absolute atomic E-state index is 0.0189. The van der Waals surface area contributed by atoms with Crippen LogP contribution in [0.4, 0.5) is 8.78 Å². The van der Waals surface area contributed by atoms with Gasteiger partial charge in [-0.1, -0.05) is 0 Å². The average molecular weight is 301 g/mol. The lowest BCUT2D eigenvalue weighted by Gasteiger charge is -2.14. The van der Waals surface area contributed by atoms with Crippen molar-refractivity contribution in [3.05, 3.63) is 72.2 Å². The zero-order chi connectivity index (χ0) is 15.5. The fourth-order valence-electron chi connectivity index (χ4n) is 2.28. The van der Waals surface area contributed by atoms with E-state index in [2.05, 4.69) is 10.1 Å². The molecule has 0 aliphatic heterocycles. The lowest BCUT2D eigenvalue weighted by atomic mass is 10.1. The summed E-state index contributed by atoms with van der Waals surface area (Å²) < 4.78 is 28.5. The Labute approximate surface area is 125 Å². The van der Waals surface area contributed by atoms with Crippen molar-refractivity contribution >= 4 is 0 Å². The molecule has 0 amide bonds. The number of aliphatic hydroxyl groups is 1. The Hall–Kier alpha value is -2.60. The predicted molar refractivity (Wildman–Crippen MR) is 76.8 cm³/mol. The second-order valence-corrected chi connectivity index (χ2v) is 4.82. The molecular formula is C16H13F2N3O. The van der Waals surface area contributed by atoms with Crippen molar-refractivity contribution in [2.45, 2.75) is 12.6 Å². The van der Waals surface area contributed by atoms with Gasteiger partial charge in [0.25, 0.3) is 0 Å². The minimum atomic E-state index is -1.20. The first-order chi connectivity index (χ1) is 10.6. The molecule has 112 valence electrons. The van der Waals surface area contributed by atoms with Gasteiger partial charge in [-0.2, -0.15) is 5.10 Å². The third-order valence-electron chi connectivity index (χ3n) is 3.36. The van der Waals surface area contributed by atoms with Crippen LogP contribution in [0.25, 0.3) is 11.3 Å². The number of halogens is 2. The highest BCUT2D eigenvalue weighted by Gasteiger charge is 2.16. The van der Waals surface area contributed by atoms with Gasteiger partial charge < -0.3 is 5.11 Å². The third-order valence-corrected chi connectivity index (χ3v) is 3.36. The Morgan fingerprint density at radius 3 is 2.59 bits per heavy atom. The first-order valence-corrected chi connectivity index (χ1v) is 6.70. The summed E-state index contributed by atoms with van der Waals surface area (Å²) in [6.07, 6.45) is 3.69. The van der Waals surface area contributed by atoms with Crippen LogP contribution in [0.3, 0.4) is 0 Å². The highest BCUT2D eigenvalue weighted by Crippen LogP contribution is 2.23. The smallest absolute Gasteiger partial charge is 0.129 e. The molecule has 0 fully saturated rings. The van der Waals surface area contributed by atoms with Gasteiger partial charge in [0.05, 0.1) is 12.2 Å². The topological polar surface area (TPSA) is 50.9 Å². The van der Waals surface area contributed by atoms with E-state index in [0.29, 0.717) is 0 Å². The first kappa shape index (κ1) is 14.3. The molecule has 22 heavy (non-hydrogen) atoms. The van der Waals surface area contributed by atoms with Crippen LogP contribution in [0.5, 0.6) is 0 Å². The van der Waals surface area contributed by atoms with Crippen LogP contribution in [0.1, 0.15) is 11.7 Å². The number of rotatable bonds is 4. The average Bonchev–Trinajstić information content (AvgIpc) is 2.98. The maximum Gasteiger partial charge on any atom is 0.129 e. The molecule has 1 atom stereocenters. The summed E-state index contributed by atoms with van der Waals surface area (Å²) in [5.41, 5.74) is 1.55. The predicted octanol–water partition coefficient (Wildman–Crippen LogP) is 2.96. The molecule has 0 unspecified atom stereocenters. The summed E-state index contributed by atoms with van der Waals surface area (Å²) in [6.45, 7) is 0.0189. The van der Waals surface area contributed by atoms with E-state index in [9.17, 15) is 13.9 Å². The zero-order valence-corrected chi connectivity index (χ0v) is 11.5. The Morgan fingerprint density at radius 2 is 1.82 bits per heavy atom. The van der Waals surface area contributed by atoms with Crippen LogP contribution in [0, 0.1) is 11.6 Å². The summed E-state index contributed by atoms with van der Waals surface area (Å²) >= 11 is 0. The van der Waals surface area contributed by atoms with E-state index < -0.39 is 17.7 Å². The summed E-state index contributed by atoms with van der Waals surface area (Å²) in [7, 11) is 0. The van der Waals surface area contributed by atoms with Crippen molar-refractivity contribution < 1.29 is 13.9 Å². The standard InChI is InChI=1S/C16H13F2N3O/c17-12-1-2-14(18)13(9-12)16(22)10-21-15(5-8-20-21)11-3-6-19-7-4-11/h1-9,16,22H,10H2/t16-/m0/s1. The van der Waals surface area contributed by atoms with Crippen LogP contribution in [-0.4, -0.2) is 19.9 Å². The number of aromatic nitrogens is 3. The van der Waals surface area contributed by atoms with E-state index in [1.165, 1.54) is 0 Å². The second kappa shape index (κ2) is 6.03. The van der Waals surface area contributed by atoms with Crippen LogP contribution >= 0.6 is 0 Å². The number of benzene rings is 1. The molecule has 3 aromatic rings. The fraction of sp³-hybridized carbons (Fsp3) is 0.125. The quantitative estimate of drug-likeness (QED) is 0.806. The Balaban J connectivity index is 1.88. The van der Waals surface area contributed by atoms with Gasteiger partial charge >= 0.3 is 0 Å². The van der Waals surface area contributed by atoms with Crippen molar-refractivity contribution in [1.82, 2.24) is 14.8 Å². The van der Waals surface area contributed by atoms with Crippen LogP contribution in [0.2, 0.25) is 0 Å². The molecule has 2 heterocycles. The molecular weight excluding hydrogens is 288 g/mol. The first-order valence-electron chi connectivity index (χ1n) is 6.70. The van der Waals surface area contributed by atoms with Gasteiger partial charge in [0.1, 0.15) is 17.7 Å². The molecule has 0 aliphatic carbocycles. The molecule has 0 bridgehead atoms. The highest BCUT2D eigenvalue weighted by molar-refractivity contribution is 5.58. The van der Waals surface area contributed by atoms with Crippen LogP contribution in [-0.2, 0) is 6.54 Å². The Kier molecular flexibility index (Phi) is 3.93. The summed E-state index contributed by atoms with van der Waals surface area (Å²) in [4.78, 5) is 3.94. The largest absolute Gasteiger partial charge is 0.386 e. The van der Waals surface area contributed by atoms with Crippen molar-refractivity contribution in [3.63, 3.8) is 0 Å². The van der Waals surface area contributed by atoms with Gasteiger partial charge in [-0.3, -0.25) is 9.67 Å². The van der Waals surface area contributed by atoms with Crippen LogP contribution in [0.15, 0.2) is 55.0 Å². The van der Waals surface area contributed by atoms with E-state index >= 15 is 0 Å². The molecule has 6 heteroatoms. The summed E-state index contributed by atoms with van der Waals surface area (Å²) in [5.74, 6) is -1.24. The molecule has 0 saturated carbocycles. The van der Waals surface area contributed by atoms with Crippen molar-refractivity contribution in [3.8, 4) is 11.3 Å². The van der Waals surface area contributed by atoms with Crippen molar-refractivity contribution in [1.29, 1.82) is 0 Å². The number of pyridine rings is 1. The van der Waals surface area contributed by atoms with E-state index in [4.69, 9.17) is 0 Å². The minimum Gasteiger partial charge on any atom is -0.386 e. The number of aliphatic hydroxyl groups excluding tert-OH is 1. The maximum absolute atomic E-state index is 13.7. The zero-order valence-electron chi connectivity index (χ0n) is 11.5. The third kappa shape index (κ3) is 2.87. The monoisotopic (exact) mass is 301 g/mol. The molecule has 0 saturated heterocycles. The molecule has 0 aliphatic rings. The van der Waals surface area contributed by atoms with Gasteiger partial charge in [-0.15, -0.1) is 0 Å². The molecule has 1 aromatic carbocycles. The van der Waals surface area contributed by atoms with Gasteiger partial charge in [0.2, 0.25) is 0 Å². The van der Waals surface area contributed by atoms with Crippen molar-refractivity contribution in [2.24, 2.45) is 0 Å². The maximum atomic E-state index is 13.7. The van der Waals surface area contributed by atoms with E-state index in [-0.39, 0.29) is 12.1 Å². The highest BCUT2D eigenvalue weighted by atomic mass is 19.1. The lowest BCUT2D eigenvalue weighted by Crippen LogP contribution is -2.12. The van der Waals surface area contributed by atoms with E-state index in [1.807, 2.05) is 12.1 Å². The number of hydrogen-bond donors (Lipinski definition) is 1. The molecule has 1 N–H and O–H groups in total. The van der Waals surface area contributed by atoms with Gasteiger partial charge in [0.15, 0.2) is 0 Å². The lowest BCUT2D eigenvalue weighted by molar-refractivity contribution is 0.147. The van der Waals surface area contributed by atoms with E-state index in [1.54, 1.807) is 29.3 Å². The molecule has 0 spiro atoms. The van der Waals surface area contributed by atoms with Gasteiger partial charge in [-0.25, -0.2) is 8.78 Å². The van der Waals surface area contributed by atoms with E-state index in [0.717, 1.165) is 29.5 Å². The van der Waals surface area contributed by atoms with Gasteiger partial charge in [0, 0.05) is 29.7 Å². The SMILES string of the molecule is O[C@@H](Cn1nccc1-c1ccncc1)c1cc(F)ccc1F. The Bertz CT molecular complexity index is 774.